The van der Waals surface area contributed by atoms with Gasteiger partial charge in [0.15, 0.2) is 12.4 Å². The first-order valence-electron chi connectivity index (χ1n) is 13.7. The molecule has 7 nitrogen and oxygen atoms in total. The largest absolute Gasteiger partial charge is 0.450 e. The van der Waals surface area contributed by atoms with Crippen LogP contribution in [0.2, 0.25) is 0 Å². The molecule has 1 aliphatic rings. The smallest absolute Gasteiger partial charge is 0.338 e. The number of hydrogen-bond acceptors (Lipinski definition) is 7. The van der Waals surface area contributed by atoms with Crippen molar-refractivity contribution in [2.45, 2.75) is 50.5 Å². The maximum Gasteiger partial charge on any atom is 0.338 e. The molecule has 0 spiro atoms. The van der Waals surface area contributed by atoms with E-state index in [1.807, 2.05) is 97.1 Å². The highest BCUT2D eigenvalue weighted by Crippen LogP contribution is 2.30. The Morgan fingerprint density at radius 1 is 0.610 bits per heavy atom. The van der Waals surface area contributed by atoms with Crippen molar-refractivity contribution in [3.63, 3.8) is 0 Å². The molecule has 41 heavy (non-hydrogen) atoms. The zero-order chi connectivity index (χ0) is 28.3. The van der Waals surface area contributed by atoms with Gasteiger partial charge in [0.05, 0.1) is 32.0 Å². The Labute approximate surface area is 240 Å². The zero-order valence-corrected chi connectivity index (χ0v) is 22.7. The first-order valence-corrected chi connectivity index (χ1v) is 13.7. The third-order valence-corrected chi connectivity index (χ3v) is 6.83. The number of carbonyl (C=O) groups excluding carboxylic acids is 1. The van der Waals surface area contributed by atoms with E-state index in [9.17, 15) is 9.90 Å². The molecule has 4 aromatic carbocycles. The van der Waals surface area contributed by atoms with Gasteiger partial charge in [-0.05, 0) is 28.8 Å². The molecule has 0 aromatic heterocycles. The van der Waals surface area contributed by atoms with Crippen molar-refractivity contribution < 1.29 is 33.6 Å². The summed E-state index contributed by atoms with van der Waals surface area (Å²) in [5, 5.41) is 11.1. The summed E-state index contributed by atoms with van der Waals surface area (Å²) in [6.45, 7) is 0.991. The fourth-order valence-electron chi connectivity index (χ4n) is 4.71. The lowest BCUT2D eigenvalue weighted by Crippen LogP contribution is -2.61. The number of aliphatic hydroxyl groups is 1. The predicted octanol–water partition coefficient (Wildman–Crippen LogP) is 5.32. The molecule has 0 radical (unpaired) electrons. The van der Waals surface area contributed by atoms with Crippen LogP contribution >= 0.6 is 0 Å². The summed E-state index contributed by atoms with van der Waals surface area (Å²) in [7, 11) is 0. The Balaban J connectivity index is 1.39. The van der Waals surface area contributed by atoms with E-state index in [0.717, 1.165) is 16.7 Å². The highest BCUT2D eigenvalue weighted by Gasteiger charge is 2.49. The van der Waals surface area contributed by atoms with Gasteiger partial charge < -0.3 is 28.8 Å². The molecule has 5 rings (SSSR count). The minimum absolute atomic E-state index is 0.135. The molecule has 0 aliphatic carbocycles. The molecule has 0 bridgehead atoms. The molecule has 7 heteroatoms. The minimum atomic E-state index is -1.45. The van der Waals surface area contributed by atoms with Gasteiger partial charge in [0.2, 0.25) is 0 Å². The highest BCUT2D eigenvalue weighted by atomic mass is 16.7. The monoisotopic (exact) mass is 554 g/mol. The van der Waals surface area contributed by atoms with Crippen molar-refractivity contribution in [1.29, 1.82) is 0 Å². The van der Waals surface area contributed by atoms with Gasteiger partial charge in [0.25, 0.3) is 0 Å². The van der Waals surface area contributed by atoms with Crippen LogP contribution in [0.15, 0.2) is 121 Å². The van der Waals surface area contributed by atoms with Crippen LogP contribution in [0.25, 0.3) is 0 Å². The molecule has 1 aliphatic heterocycles. The number of ether oxygens (including phenoxy) is 5. The first kappa shape index (κ1) is 28.7. The standard InChI is InChI=1S/C34H34O7/c35-33(28-19-11-4-12-20-28)41-32-31(39-23-27-17-9-3-10-18-27)30(38-22-26-15-7-2-8-16-26)29(40-34(32)36)24-37-21-25-13-5-1-6-14-25/h1-20,29-32,34,36H,21-24H2/t29-,30+,31+,32-,34-/m1/s1. The molecular formula is C34H34O7. The number of esters is 1. The zero-order valence-electron chi connectivity index (χ0n) is 22.7. The summed E-state index contributed by atoms with van der Waals surface area (Å²) in [5.41, 5.74) is 3.26. The third-order valence-electron chi connectivity index (χ3n) is 6.83. The van der Waals surface area contributed by atoms with Crippen molar-refractivity contribution in [3.8, 4) is 0 Å². The number of hydrogen-bond donors (Lipinski definition) is 1. The fourth-order valence-corrected chi connectivity index (χ4v) is 4.71. The predicted molar refractivity (Wildman–Crippen MR) is 153 cm³/mol. The summed E-state index contributed by atoms with van der Waals surface area (Å²) < 4.78 is 30.7. The molecule has 1 heterocycles. The molecule has 0 unspecified atom stereocenters. The van der Waals surface area contributed by atoms with Crippen LogP contribution in [-0.4, -0.2) is 48.4 Å². The topological polar surface area (TPSA) is 83.5 Å². The normalized spacial score (nSPS) is 22.2. The van der Waals surface area contributed by atoms with Gasteiger partial charge in [-0.15, -0.1) is 0 Å². The van der Waals surface area contributed by atoms with E-state index in [4.69, 9.17) is 23.7 Å². The van der Waals surface area contributed by atoms with Crippen LogP contribution in [0, 0.1) is 0 Å². The summed E-state index contributed by atoms with van der Waals surface area (Å²) >= 11 is 0. The maximum atomic E-state index is 13.1. The van der Waals surface area contributed by atoms with E-state index < -0.39 is 36.7 Å². The van der Waals surface area contributed by atoms with Crippen LogP contribution in [0.1, 0.15) is 27.0 Å². The van der Waals surface area contributed by atoms with E-state index in [-0.39, 0.29) is 19.8 Å². The Morgan fingerprint density at radius 2 is 1.07 bits per heavy atom. The Kier molecular flexibility index (Phi) is 10.3. The summed E-state index contributed by atoms with van der Waals surface area (Å²) in [4.78, 5) is 13.1. The van der Waals surface area contributed by atoms with E-state index in [1.165, 1.54) is 0 Å². The Bertz CT molecular complexity index is 1320. The van der Waals surface area contributed by atoms with Gasteiger partial charge in [-0.3, -0.25) is 0 Å². The third kappa shape index (κ3) is 8.10. The molecule has 212 valence electrons. The van der Waals surface area contributed by atoms with Gasteiger partial charge >= 0.3 is 5.97 Å². The second-order valence-electron chi connectivity index (χ2n) is 9.82. The van der Waals surface area contributed by atoms with E-state index >= 15 is 0 Å². The van der Waals surface area contributed by atoms with Crippen molar-refractivity contribution in [3.05, 3.63) is 144 Å². The number of carbonyl (C=O) groups is 1. The SMILES string of the molecule is O=C(O[C@@H]1[C@@H](OCc2ccccc2)[C@@H](OCc2ccccc2)[C@@H](COCc2ccccc2)O[C@H]1O)c1ccccc1. The lowest BCUT2D eigenvalue weighted by molar-refractivity contribution is -0.306. The summed E-state index contributed by atoms with van der Waals surface area (Å²) in [6, 6.07) is 37.8. The molecule has 4 aromatic rings. The Morgan fingerprint density at radius 3 is 1.61 bits per heavy atom. The lowest BCUT2D eigenvalue weighted by atomic mass is 9.98. The van der Waals surface area contributed by atoms with E-state index in [1.54, 1.807) is 24.3 Å². The van der Waals surface area contributed by atoms with Gasteiger partial charge in [-0.2, -0.15) is 0 Å². The fraction of sp³-hybridized carbons (Fsp3) is 0.265. The van der Waals surface area contributed by atoms with Crippen LogP contribution in [0.5, 0.6) is 0 Å². The van der Waals surface area contributed by atoms with Crippen molar-refractivity contribution in [2.24, 2.45) is 0 Å². The number of rotatable bonds is 12. The lowest BCUT2D eigenvalue weighted by Gasteiger charge is -2.44. The van der Waals surface area contributed by atoms with Gasteiger partial charge in [-0.25, -0.2) is 4.79 Å². The van der Waals surface area contributed by atoms with Crippen LogP contribution in [0.4, 0.5) is 0 Å². The van der Waals surface area contributed by atoms with Crippen LogP contribution < -0.4 is 0 Å². The molecule has 1 N–H and O–H groups in total. The second-order valence-corrected chi connectivity index (χ2v) is 9.82. The second kappa shape index (κ2) is 14.7. The van der Waals surface area contributed by atoms with E-state index in [2.05, 4.69) is 0 Å². The first-order chi connectivity index (χ1) is 20.2. The average molecular weight is 555 g/mol. The van der Waals surface area contributed by atoms with Crippen molar-refractivity contribution in [2.75, 3.05) is 6.61 Å². The van der Waals surface area contributed by atoms with Gasteiger partial charge in [0, 0.05) is 0 Å². The molecule has 0 saturated carbocycles. The molecule has 1 fully saturated rings. The molecular weight excluding hydrogens is 520 g/mol. The summed E-state index contributed by atoms with van der Waals surface area (Å²) in [5.74, 6) is -0.591. The highest BCUT2D eigenvalue weighted by molar-refractivity contribution is 5.89. The van der Waals surface area contributed by atoms with Crippen LogP contribution in [-0.2, 0) is 43.5 Å². The summed E-state index contributed by atoms with van der Waals surface area (Å²) in [6.07, 6.45) is -4.85. The molecule has 0 amide bonds. The number of benzene rings is 4. The minimum Gasteiger partial charge on any atom is -0.450 e. The number of aliphatic hydroxyl groups excluding tert-OH is 1. The molecule has 5 atom stereocenters. The van der Waals surface area contributed by atoms with Crippen molar-refractivity contribution in [1.82, 2.24) is 0 Å². The van der Waals surface area contributed by atoms with Crippen molar-refractivity contribution >= 4 is 5.97 Å². The van der Waals surface area contributed by atoms with E-state index in [0.29, 0.717) is 12.2 Å². The van der Waals surface area contributed by atoms with Gasteiger partial charge in [0.1, 0.15) is 18.3 Å². The quantitative estimate of drug-likeness (QED) is 0.238. The van der Waals surface area contributed by atoms with Gasteiger partial charge in [-0.1, -0.05) is 109 Å². The average Bonchev–Trinajstić information content (AvgIpc) is 3.02. The maximum absolute atomic E-state index is 13.1. The Hall–Kier alpha value is -3.85. The molecule has 1 saturated heterocycles. The van der Waals surface area contributed by atoms with Crippen LogP contribution in [0.3, 0.4) is 0 Å².